The topological polar surface area (TPSA) is 55.1 Å². The lowest BCUT2D eigenvalue weighted by molar-refractivity contribution is -0.124. The van der Waals surface area contributed by atoms with Crippen LogP contribution in [-0.2, 0) is 4.79 Å². The number of amides is 1. The smallest absolute Gasteiger partial charge is 0.237 e. The molecule has 0 aliphatic carbocycles. The van der Waals surface area contributed by atoms with E-state index < -0.39 is 0 Å². The molecule has 1 aromatic rings. The molecule has 0 fully saturated rings. The molecule has 0 saturated carbocycles. The second-order valence-corrected chi connectivity index (χ2v) is 5.46. The van der Waals surface area contributed by atoms with Crippen molar-refractivity contribution in [3.8, 4) is 0 Å². The van der Waals surface area contributed by atoms with Crippen LogP contribution in [0.25, 0.3) is 0 Å². The highest BCUT2D eigenvalue weighted by Gasteiger charge is 2.20. The highest BCUT2D eigenvalue weighted by atomic mass is 35.5. The number of hydrogen-bond donors (Lipinski definition) is 2. The van der Waals surface area contributed by atoms with Gasteiger partial charge in [-0.3, -0.25) is 10.2 Å². The summed E-state index contributed by atoms with van der Waals surface area (Å²) in [5.74, 6) is 4.80. The van der Waals surface area contributed by atoms with Crippen molar-refractivity contribution in [2.45, 2.75) is 24.0 Å². The van der Waals surface area contributed by atoms with Crippen molar-refractivity contribution in [1.29, 1.82) is 0 Å². The van der Waals surface area contributed by atoms with Crippen LogP contribution in [0.4, 0.5) is 0 Å². The van der Waals surface area contributed by atoms with E-state index in [4.69, 9.17) is 17.4 Å². The van der Waals surface area contributed by atoms with Crippen LogP contribution in [0.1, 0.15) is 13.8 Å². The van der Waals surface area contributed by atoms with Crippen molar-refractivity contribution in [1.82, 2.24) is 5.43 Å². The number of halogens is 1. The van der Waals surface area contributed by atoms with Gasteiger partial charge in [0.25, 0.3) is 0 Å². The Morgan fingerprint density at radius 3 is 2.75 bits per heavy atom. The molecule has 3 nitrogen and oxygen atoms in total. The van der Waals surface area contributed by atoms with Gasteiger partial charge in [0, 0.05) is 21.1 Å². The average molecular weight is 259 g/mol. The number of carbonyl (C=O) groups excluding carboxylic acids is 1. The van der Waals surface area contributed by atoms with Gasteiger partial charge in [0.05, 0.1) is 0 Å². The van der Waals surface area contributed by atoms with Crippen LogP contribution < -0.4 is 11.3 Å². The second kappa shape index (κ2) is 6.13. The Hall–Kier alpha value is -0.710. The fourth-order valence-electron chi connectivity index (χ4n) is 1.20. The summed E-state index contributed by atoms with van der Waals surface area (Å²) >= 11 is 7.49. The Morgan fingerprint density at radius 2 is 2.19 bits per heavy atom. The number of hydrogen-bond acceptors (Lipinski definition) is 3. The minimum Gasteiger partial charge on any atom is -0.294 e. The molecule has 0 radical (unpaired) electrons. The van der Waals surface area contributed by atoms with Gasteiger partial charge in [0.1, 0.15) is 0 Å². The number of benzene rings is 1. The maximum atomic E-state index is 11.3. The molecule has 2 atom stereocenters. The van der Waals surface area contributed by atoms with Crippen molar-refractivity contribution < 1.29 is 4.79 Å². The molecule has 0 spiro atoms. The van der Waals surface area contributed by atoms with E-state index in [1.165, 1.54) is 0 Å². The highest BCUT2D eigenvalue weighted by molar-refractivity contribution is 8.00. The molecular formula is C11H15ClN2OS. The van der Waals surface area contributed by atoms with Gasteiger partial charge in [-0.2, -0.15) is 0 Å². The first-order valence-corrected chi connectivity index (χ1v) is 6.23. The van der Waals surface area contributed by atoms with E-state index in [0.29, 0.717) is 5.02 Å². The molecule has 0 bridgehead atoms. The molecule has 3 N–H and O–H groups in total. The number of carbonyl (C=O) groups is 1. The Bertz CT molecular complexity index is 373. The van der Waals surface area contributed by atoms with E-state index in [2.05, 4.69) is 5.43 Å². The second-order valence-electron chi connectivity index (χ2n) is 3.58. The Kier molecular flexibility index (Phi) is 5.12. The third kappa shape index (κ3) is 3.70. The standard InChI is InChI=1S/C11H15ClN2OS/c1-7(11(15)14-13)8(2)16-10-5-3-4-9(12)6-10/h3-8H,13H2,1-2H3,(H,14,15). The summed E-state index contributed by atoms with van der Waals surface area (Å²) in [6.45, 7) is 3.84. The first-order valence-electron chi connectivity index (χ1n) is 4.97. The first-order chi connectivity index (χ1) is 7.54. The summed E-state index contributed by atoms with van der Waals surface area (Å²) in [5, 5.41) is 0.843. The van der Waals surface area contributed by atoms with Crippen LogP contribution in [0.5, 0.6) is 0 Å². The summed E-state index contributed by atoms with van der Waals surface area (Å²) in [6, 6.07) is 7.58. The molecule has 1 amide bonds. The van der Waals surface area contributed by atoms with Crippen LogP contribution in [0.2, 0.25) is 5.02 Å². The highest BCUT2D eigenvalue weighted by Crippen LogP contribution is 2.29. The predicted octanol–water partition coefficient (Wildman–Crippen LogP) is 2.45. The van der Waals surface area contributed by atoms with Gasteiger partial charge in [0.2, 0.25) is 5.91 Å². The number of nitrogens with two attached hydrogens (primary N) is 1. The predicted molar refractivity (Wildman–Crippen MR) is 68.3 cm³/mol. The summed E-state index contributed by atoms with van der Waals surface area (Å²) in [4.78, 5) is 12.4. The molecule has 16 heavy (non-hydrogen) atoms. The lowest BCUT2D eigenvalue weighted by atomic mass is 10.1. The monoisotopic (exact) mass is 258 g/mol. The lowest BCUT2D eigenvalue weighted by Crippen LogP contribution is -2.38. The van der Waals surface area contributed by atoms with Crippen molar-refractivity contribution in [2.75, 3.05) is 0 Å². The zero-order valence-corrected chi connectivity index (χ0v) is 10.8. The van der Waals surface area contributed by atoms with Crippen molar-refractivity contribution in [3.05, 3.63) is 29.3 Å². The number of hydrazine groups is 1. The number of rotatable bonds is 4. The molecular weight excluding hydrogens is 244 g/mol. The molecule has 1 aromatic carbocycles. The molecule has 88 valence electrons. The molecule has 5 heteroatoms. The molecule has 0 saturated heterocycles. The molecule has 0 aliphatic rings. The normalized spacial score (nSPS) is 14.2. The van der Waals surface area contributed by atoms with E-state index in [9.17, 15) is 4.79 Å². The number of nitrogens with one attached hydrogen (secondary N) is 1. The van der Waals surface area contributed by atoms with Crippen LogP contribution in [0.3, 0.4) is 0 Å². The third-order valence-electron chi connectivity index (χ3n) is 2.38. The minimum atomic E-state index is -0.151. The van der Waals surface area contributed by atoms with Gasteiger partial charge in [0.15, 0.2) is 0 Å². The van der Waals surface area contributed by atoms with E-state index in [-0.39, 0.29) is 17.1 Å². The van der Waals surface area contributed by atoms with E-state index in [1.807, 2.05) is 38.1 Å². The van der Waals surface area contributed by atoms with Gasteiger partial charge in [-0.15, -0.1) is 11.8 Å². The molecule has 0 aliphatic heterocycles. The average Bonchev–Trinajstić information content (AvgIpc) is 2.27. The van der Waals surface area contributed by atoms with Gasteiger partial charge in [-0.1, -0.05) is 31.5 Å². The van der Waals surface area contributed by atoms with Crippen molar-refractivity contribution >= 4 is 29.3 Å². The van der Waals surface area contributed by atoms with Crippen molar-refractivity contribution in [3.63, 3.8) is 0 Å². The zero-order chi connectivity index (χ0) is 12.1. The lowest BCUT2D eigenvalue weighted by Gasteiger charge is -2.17. The summed E-state index contributed by atoms with van der Waals surface area (Å²) in [5.41, 5.74) is 2.16. The zero-order valence-electron chi connectivity index (χ0n) is 9.24. The first kappa shape index (κ1) is 13.4. The van der Waals surface area contributed by atoms with E-state index >= 15 is 0 Å². The summed E-state index contributed by atoms with van der Waals surface area (Å²) in [7, 11) is 0. The van der Waals surface area contributed by atoms with E-state index in [1.54, 1.807) is 11.8 Å². The van der Waals surface area contributed by atoms with Gasteiger partial charge in [-0.05, 0) is 18.2 Å². The fraction of sp³-hybridized carbons (Fsp3) is 0.364. The van der Waals surface area contributed by atoms with Crippen LogP contribution >= 0.6 is 23.4 Å². The van der Waals surface area contributed by atoms with Gasteiger partial charge < -0.3 is 0 Å². The maximum Gasteiger partial charge on any atom is 0.237 e. The quantitative estimate of drug-likeness (QED) is 0.378. The summed E-state index contributed by atoms with van der Waals surface area (Å²) in [6.07, 6.45) is 0. The Morgan fingerprint density at radius 1 is 1.50 bits per heavy atom. The SMILES string of the molecule is CC(Sc1cccc(Cl)c1)C(C)C(=O)NN. The maximum absolute atomic E-state index is 11.3. The number of thioether (sulfide) groups is 1. The molecule has 0 heterocycles. The largest absolute Gasteiger partial charge is 0.294 e. The van der Waals surface area contributed by atoms with Crippen molar-refractivity contribution in [2.24, 2.45) is 11.8 Å². The molecule has 0 aromatic heterocycles. The van der Waals surface area contributed by atoms with E-state index in [0.717, 1.165) is 4.90 Å². The van der Waals surface area contributed by atoms with Crippen LogP contribution in [-0.4, -0.2) is 11.2 Å². The molecule has 2 unspecified atom stereocenters. The Labute approximate surface area is 105 Å². The molecule has 1 rings (SSSR count). The third-order valence-corrected chi connectivity index (χ3v) is 3.92. The van der Waals surface area contributed by atoms with Gasteiger partial charge >= 0.3 is 0 Å². The summed E-state index contributed by atoms with van der Waals surface area (Å²) < 4.78 is 0. The fourth-order valence-corrected chi connectivity index (χ4v) is 2.57. The van der Waals surface area contributed by atoms with Crippen LogP contribution in [0, 0.1) is 5.92 Å². The minimum absolute atomic E-state index is 0.141. The van der Waals surface area contributed by atoms with Gasteiger partial charge in [-0.25, -0.2) is 5.84 Å². The Balaban J connectivity index is 2.64. The van der Waals surface area contributed by atoms with Crippen LogP contribution in [0.15, 0.2) is 29.2 Å².